The van der Waals surface area contributed by atoms with Gasteiger partial charge in [-0.15, -0.1) is 0 Å². The highest BCUT2D eigenvalue weighted by Crippen LogP contribution is 2.09. The molecule has 14 heavy (non-hydrogen) atoms. The summed E-state index contributed by atoms with van der Waals surface area (Å²) in [5.74, 6) is 0. The Bertz CT molecular complexity index is 187. The van der Waals surface area contributed by atoms with Crippen molar-refractivity contribution in [2.24, 2.45) is 0 Å². The molecule has 0 aliphatic heterocycles. The lowest BCUT2D eigenvalue weighted by Crippen LogP contribution is -2.23. The Morgan fingerprint density at radius 2 is 1.64 bits per heavy atom. The molecule has 0 bridgehead atoms. The zero-order chi connectivity index (χ0) is 11.6. The van der Waals surface area contributed by atoms with Gasteiger partial charge in [-0.1, -0.05) is 32.6 Å². The Morgan fingerprint density at radius 1 is 1.14 bits per heavy atom. The summed E-state index contributed by atoms with van der Waals surface area (Å²) in [5.41, 5.74) is 1.03. The van der Waals surface area contributed by atoms with Gasteiger partial charge in [-0.3, -0.25) is 0 Å². The van der Waals surface area contributed by atoms with Crippen molar-refractivity contribution in [1.29, 1.82) is 0 Å². The average molecular weight is 195 g/mol. The molecule has 0 aliphatic carbocycles. The fourth-order valence-electron chi connectivity index (χ4n) is 1.04. The standard InChI is InChI=1S/C11H19N.C2H6/c1-6-8-11(5)12(9-7-2)10(3)4;1-2/h6-10H,5H2,1-4H3;1-2H3/b8-6-,9-7-;. The zero-order valence-corrected chi connectivity index (χ0v) is 10.5. The van der Waals surface area contributed by atoms with Gasteiger partial charge in [0.25, 0.3) is 0 Å². The second kappa shape index (κ2) is 10.1. The molecule has 1 nitrogen and oxygen atoms in total. The number of nitrogens with zero attached hydrogens (tertiary/aromatic N) is 1. The van der Waals surface area contributed by atoms with Gasteiger partial charge in [0.1, 0.15) is 0 Å². The normalized spacial score (nSPS) is 10.5. The van der Waals surface area contributed by atoms with E-state index in [1.807, 2.05) is 52.1 Å². The van der Waals surface area contributed by atoms with Gasteiger partial charge in [0.2, 0.25) is 0 Å². The largest absolute Gasteiger partial charge is 0.346 e. The van der Waals surface area contributed by atoms with Crippen LogP contribution in [0.1, 0.15) is 41.5 Å². The van der Waals surface area contributed by atoms with Gasteiger partial charge in [-0.2, -0.15) is 0 Å². The molecule has 0 spiro atoms. The average Bonchev–Trinajstić information content (AvgIpc) is 2.17. The molecule has 0 aromatic heterocycles. The number of allylic oxidation sites excluding steroid dienone is 3. The maximum absolute atomic E-state index is 3.97. The second-order valence-corrected chi connectivity index (χ2v) is 2.97. The maximum Gasteiger partial charge on any atom is 0.0332 e. The summed E-state index contributed by atoms with van der Waals surface area (Å²) < 4.78 is 0. The van der Waals surface area contributed by atoms with Crippen LogP contribution in [0, 0.1) is 0 Å². The van der Waals surface area contributed by atoms with E-state index in [1.165, 1.54) is 0 Å². The summed E-state index contributed by atoms with van der Waals surface area (Å²) in [7, 11) is 0. The molecule has 82 valence electrons. The molecule has 0 fully saturated rings. The van der Waals surface area contributed by atoms with E-state index in [9.17, 15) is 0 Å². The van der Waals surface area contributed by atoms with Crippen molar-refractivity contribution in [3.8, 4) is 0 Å². The van der Waals surface area contributed by atoms with E-state index in [4.69, 9.17) is 0 Å². The van der Waals surface area contributed by atoms with E-state index in [-0.39, 0.29) is 0 Å². The molecule has 0 amide bonds. The summed E-state index contributed by atoms with van der Waals surface area (Å²) in [6.45, 7) is 16.3. The minimum Gasteiger partial charge on any atom is -0.346 e. The topological polar surface area (TPSA) is 3.24 Å². The smallest absolute Gasteiger partial charge is 0.0332 e. The van der Waals surface area contributed by atoms with Crippen molar-refractivity contribution >= 4 is 0 Å². The fraction of sp³-hybridized carbons (Fsp3) is 0.538. The minimum atomic E-state index is 0.463. The first kappa shape index (κ1) is 15.5. The SMILES string of the molecule is C=C(/C=C\C)N(/C=C\C)C(C)C.CC. The van der Waals surface area contributed by atoms with Crippen LogP contribution in [0.25, 0.3) is 0 Å². The van der Waals surface area contributed by atoms with Gasteiger partial charge < -0.3 is 4.90 Å². The third-order valence-corrected chi connectivity index (χ3v) is 1.56. The molecule has 1 heteroatoms. The molecular weight excluding hydrogens is 170 g/mol. The number of hydrogen-bond acceptors (Lipinski definition) is 1. The van der Waals surface area contributed by atoms with Crippen LogP contribution >= 0.6 is 0 Å². The quantitative estimate of drug-likeness (QED) is 0.603. The van der Waals surface area contributed by atoms with Crippen LogP contribution in [0.15, 0.2) is 36.7 Å². The second-order valence-electron chi connectivity index (χ2n) is 2.97. The molecule has 0 saturated heterocycles. The van der Waals surface area contributed by atoms with Crippen molar-refractivity contribution in [2.75, 3.05) is 0 Å². The van der Waals surface area contributed by atoms with Crippen LogP contribution in [-0.4, -0.2) is 10.9 Å². The van der Waals surface area contributed by atoms with Crippen LogP contribution < -0.4 is 0 Å². The monoisotopic (exact) mass is 195 g/mol. The Hall–Kier alpha value is -0.980. The highest BCUT2D eigenvalue weighted by molar-refractivity contribution is 5.16. The predicted molar refractivity (Wildman–Crippen MR) is 67.1 cm³/mol. The first-order valence-electron chi connectivity index (χ1n) is 5.36. The fourth-order valence-corrected chi connectivity index (χ4v) is 1.04. The number of hydrogen-bond donors (Lipinski definition) is 0. The summed E-state index contributed by atoms with van der Waals surface area (Å²) in [6.07, 6.45) is 8.09. The Labute approximate surface area is 89.8 Å². The molecule has 0 saturated carbocycles. The number of rotatable bonds is 4. The third-order valence-electron chi connectivity index (χ3n) is 1.56. The van der Waals surface area contributed by atoms with Gasteiger partial charge in [0.05, 0.1) is 0 Å². The summed E-state index contributed by atoms with van der Waals surface area (Å²) in [6, 6.07) is 0.463. The lowest BCUT2D eigenvalue weighted by Gasteiger charge is -2.24. The van der Waals surface area contributed by atoms with Crippen molar-refractivity contribution in [2.45, 2.75) is 47.6 Å². The van der Waals surface area contributed by atoms with E-state index in [1.54, 1.807) is 0 Å². The lowest BCUT2D eigenvalue weighted by atomic mass is 10.3. The van der Waals surface area contributed by atoms with E-state index in [0.29, 0.717) is 6.04 Å². The third kappa shape index (κ3) is 6.53. The molecule has 0 atom stereocenters. The van der Waals surface area contributed by atoms with Crippen LogP contribution in [0.2, 0.25) is 0 Å². The highest BCUT2D eigenvalue weighted by Gasteiger charge is 2.04. The van der Waals surface area contributed by atoms with E-state index < -0.39 is 0 Å². The zero-order valence-electron chi connectivity index (χ0n) is 10.5. The molecule has 0 aromatic rings. The minimum absolute atomic E-state index is 0.463. The van der Waals surface area contributed by atoms with Gasteiger partial charge in [-0.25, -0.2) is 0 Å². The molecule has 0 radical (unpaired) electrons. The van der Waals surface area contributed by atoms with Gasteiger partial charge in [0.15, 0.2) is 0 Å². The lowest BCUT2D eigenvalue weighted by molar-refractivity contribution is 0.396. The molecule has 0 N–H and O–H groups in total. The summed E-state index contributed by atoms with van der Waals surface area (Å²) in [4.78, 5) is 2.14. The van der Waals surface area contributed by atoms with Crippen molar-refractivity contribution < 1.29 is 0 Å². The van der Waals surface area contributed by atoms with Crippen molar-refractivity contribution in [3.63, 3.8) is 0 Å². The van der Waals surface area contributed by atoms with Crippen molar-refractivity contribution in [1.82, 2.24) is 4.90 Å². The molecular formula is C13H25N. The first-order valence-corrected chi connectivity index (χ1v) is 5.36. The first-order chi connectivity index (χ1) is 6.63. The molecule has 0 rings (SSSR count). The molecule has 0 heterocycles. The van der Waals surface area contributed by atoms with Crippen LogP contribution in [-0.2, 0) is 0 Å². The Kier molecular flexibility index (Phi) is 11.2. The van der Waals surface area contributed by atoms with Crippen molar-refractivity contribution in [3.05, 3.63) is 36.7 Å². The summed E-state index contributed by atoms with van der Waals surface area (Å²) >= 11 is 0. The van der Waals surface area contributed by atoms with Gasteiger partial charge >= 0.3 is 0 Å². The van der Waals surface area contributed by atoms with Crippen LogP contribution in [0.4, 0.5) is 0 Å². The highest BCUT2D eigenvalue weighted by atomic mass is 15.1. The molecule has 0 unspecified atom stereocenters. The maximum atomic E-state index is 3.97. The van der Waals surface area contributed by atoms with E-state index >= 15 is 0 Å². The van der Waals surface area contributed by atoms with E-state index in [2.05, 4.69) is 25.3 Å². The molecule has 0 aliphatic rings. The van der Waals surface area contributed by atoms with Crippen LogP contribution in [0.3, 0.4) is 0 Å². The Balaban J connectivity index is 0. The van der Waals surface area contributed by atoms with E-state index in [0.717, 1.165) is 5.70 Å². The molecule has 0 aromatic carbocycles. The predicted octanol–water partition coefficient (Wildman–Crippen LogP) is 4.35. The summed E-state index contributed by atoms with van der Waals surface area (Å²) in [5, 5.41) is 0. The Morgan fingerprint density at radius 3 is 1.93 bits per heavy atom. The van der Waals surface area contributed by atoms with Gasteiger partial charge in [-0.05, 0) is 33.8 Å². The van der Waals surface area contributed by atoms with Crippen LogP contribution in [0.5, 0.6) is 0 Å². The van der Waals surface area contributed by atoms with Gasteiger partial charge in [0, 0.05) is 17.9 Å².